The molecule has 0 spiro atoms. The van der Waals surface area contributed by atoms with Crippen LogP contribution in [0.25, 0.3) is 0 Å². The number of aldehydes is 1. The van der Waals surface area contributed by atoms with Gasteiger partial charge in [0.05, 0.1) is 0 Å². The first-order valence-electron chi connectivity index (χ1n) is 5.07. The van der Waals surface area contributed by atoms with E-state index in [-0.39, 0.29) is 18.1 Å². The summed E-state index contributed by atoms with van der Waals surface area (Å²) in [4.78, 5) is 21.8. The van der Waals surface area contributed by atoms with Crippen LogP contribution in [0.15, 0.2) is 0 Å². The highest BCUT2D eigenvalue weighted by molar-refractivity contribution is 6.36. The molecule has 0 aliphatic carbocycles. The molecule has 0 radical (unpaired) electrons. The number of hydrogen-bond donors (Lipinski definition) is 1. The van der Waals surface area contributed by atoms with Crippen molar-refractivity contribution in [3.05, 3.63) is 0 Å². The van der Waals surface area contributed by atoms with E-state index in [4.69, 9.17) is 10.1 Å². The van der Waals surface area contributed by atoms with Gasteiger partial charge in [-0.05, 0) is 27.2 Å². The van der Waals surface area contributed by atoms with E-state index < -0.39 is 11.6 Å². The third-order valence-electron chi connectivity index (χ3n) is 1.90. The van der Waals surface area contributed by atoms with E-state index in [0.717, 1.165) is 6.29 Å². The van der Waals surface area contributed by atoms with Crippen LogP contribution in [0.5, 0.6) is 0 Å². The topological polar surface area (TPSA) is 67.2 Å². The SMILES string of the molecule is CCC(CC=O)C(=N)C(=O)OC(C)(C)C. The van der Waals surface area contributed by atoms with Crippen LogP contribution < -0.4 is 0 Å². The van der Waals surface area contributed by atoms with Crippen LogP contribution in [0, 0.1) is 11.3 Å². The third-order valence-corrected chi connectivity index (χ3v) is 1.90. The molecule has 0 aliphatic heterocycles. The second-order valence-electron chi connectivity index (χ2n) is 4.42. The first-order valence-corrected chi connectivity index (χ1v) is 5.07. The largest absolute Gasteiger partial charge is 0.455 e. The molecule has 0 saturated heterocycles. The predicted octanol–water partition coefficient (Wildman–Crippen LogP) is 1.96. The van der Waals surface area contributed by atoms with Crippen LogP contribution in [0.4, 0.5) is 0 Å². The monoisotopic (exact) mass is 213 g/mol. The molecule has 0 fully saturated rings. The van der Waals surface area contributed by atoms with E-state index in [9.17, 15) is 9.59 Å². The van der Waals surface area contributed by atoms with Crippen LogP contribution in [0.3, 0.4) is 0 Å². The Morgan fingerprint density at radius 1 is 1.47 bits per heavy atom. The number of carbonyl (C=O) groups is 2. The van der Waals surface area contributed by atoms with Gasteiger partial charge < -0.3 is 9.53 Å². The Morgan fingerprint density at radius 2 is 2.00 bits per heavy atom. The first kappa shape index (κ1) is 13.8. The van der Waals surface area contributed by atoms with Gasteiger partial charge in [-0.25, -0.2) is 4.79 Å². The molecular formula is C11H19NO3. The highest BCUT2D eigenvalue weighted by Gasteiger charge is 2.24. The molecule has 86 valence electrons. The fourth-order valence-electron chi connectivity index (χ4n) is 1.10. The van der Waals surface area contributed by atoms with Crippen molar-refractivity contribution in [1.29, 1.82) is 5.41 Å². The molecule has 0 aliphatic rings. The minimum Gasteiger partial charge on any atom is -0.455 e. The number of nitrogens with one attached hydrogen (secondary N) is 1. The lowest BCUT2D eigenvalue weighted by atomic mass is 9.97. The summed E-state index contributed by atoms with van der Waals surface area (Å²) in [5.41, 5.74) is -0.706. The van der Waals surface area contributed by atoms with E-state index in [1.807, 2.05) is 6.92 Å². The van der Waals surface area contributed by atoms with Crippen LogP contribution in [0.1, 0.15) is 40.5 Å². The van der Waals surface area contributed by atoms with Gasteiger partial charge in [-0.3, -0.25) is 5.41 Å². The number of carbonyl (C=O) groups excluding carboxylic acids is 2. The molecule has 0 heterocycles. The molecule has 0 rings (SSSR count). The smallest absolute Gasteiger partial charge is 0.352 e. The highest BCUT2D eigenvalue weighted by Crippen LogP contribution is 2.13. The molecule has 4 nitrogen and oxygen atoms in total. The molecule has 1 unspecified atom stereocenters. The van der Waals surface area contributed by atoms with Gasteiger partial charge in [0.15, 0.2) is 0 Å². The molecule has 0 bridgehead atoms. The molecule has 4 heteroatoms. The highest BCUT2D eigenvalue weighted by atomic mass is 16.6. The lowest BCUT2D eigenvalue weighted by Crippen LogP contribution is -2.32. The summed E-state index contributed by atoms with van der Waals surface area (Å²) in [6.45, 7) is 7.09. The maximum atomic E-state index is 11.5. The Hall–Kier alpha value is -1.19. The molecule has 1 N–H and O–H groups in total. The maximum absolute atomic E-state index is 11.5. The Labute approximate surface area is 90.5 Å². The number of rotatable bonds is 5. The maximum Gasteiger partial charge on any atom is 0.352 e. The number of ether oxygens (including phenoxy) is 1. The van der Waals surface area contributed by atoms with E-state index >= 15 is 0 Å². The summed E-state index contributed by atoms with van der Waals surface area (Å²) in [5.74, 6) is -0.950. The average molecular weight is 213 g/mol. The normalized spacial score (nSPS) is 13.1. The van der Waals surface area contributed by atoms with Crippen molar-refractivity contribution in [2.24, 2.45) is 5.92 Å². The van der Waals surface area contributed by atoms with Gasteiger partial charge in [-0.15, -0.1) is 0 Å². The number of esters is 1. The van der Waals surface area contributed by atoms with Crippen molar-refractivity contribution >= 4 is 18.0 Å². The van der Waals surface area contributed by atoms with Gasteiger partial charge in [0.2, 0.25) is 0 Å². The lowest BCUT2D eigenvalue weighted by Gasteiger charge is -2.21. The van der Waals surface area contributed by atoms with Crippen LogP contribution in [-0.4, -0.2) is 23.6 Å². The number of hydrogen-bond acceptors (Lipinski definition) is 4. The Balaban J connectivity index is 4.42. The van der Waals surface area contributed by atoms with Crippen LogP contribution >= 0.6 is 0 Å². The minimum atomic E-state index is -0.629. The van der Waals surface area contributed by atoms with E-state index in [0.29, 0.717) is 6.42 Å². The van der Waals surface area contributed by atoms with Gasteiger partial charge in [0.1, 0.15) is 17.6 Å². The van der Waals surface area contributed by atoms with Crippen molar-refractivity contribution in [2.75, 3.05) is 0 Å². The van der Waals surface area contributed by atoms with Gasteiger partial charge in [-0.2, -0.15) is 0 Å². The van der Waals surface area contributed by atoms with E-state index in [1.165, 1.54) is 0 Å². The Kier molecular flexibility index (Phi) is 5.19. The van der Waals surface area contributed by atoms with Gasteiger partial charge in [0, 0.05) is 12.3 Å². The quantitative estimate of drug-likeness (QED) is 0.431. The molecule has 0 amide bonds. The van der Waals surface area contributed by atoms with Gasteiger partial charge in [-0.1, -0.05) is 6.92 Å². The summed E-state index contributed by atoms with van der Waals surface area (Å²) in [7, 11) is 0. The standard InChI is InChI=1S/C11H19NO3/c1-5-8(6-7-13)9(12)10(14)15-11(2,3)4/h7-8,12H,5-6H2,1-4H3. The van der Waals surface area contributed by atoms with Crippen molar-refractivity contribution in [3.8, 4) is 0 Å². The second-order valence-corrected chi connectivity index (χ2v) is 4.42. The van der Waals surface area contributed by atoms with Crippen molar-refractivity contribution in [3.63, 3.8) is 0 Å². The zero-order valence-corrected chi connectivity index (χ0v) is 9.79. The van der Waals surface area contributed by atoms with E-state index in [2.05, 4.69) is 0 Å². The van der Waals surface area contributed by atoms with Crippen LogP contribution in [-0.2, 0) is 14.3 Å². The zero-order valence-electron chi connectivity index (χ0n) is 9.79. The molecule has 0 saturated carbocycles. The summed E-state index contributed by atoms with van der Waals surface area (Å²) in [6, 6.07) is 0. The molecule has 0 aromatic rings. The van der Waals surface area contributed by atoms with Gasteiger partial charge >= 0.3 is 5.97 Å². The molecule has 1 atom stereocenters. The third kappa shape index (κ3) is 5.30. The predicted molar refractivity (Wildman–Crippen MR) is 58.0 cm³/mol. The summed E-state index contributed by atoms with van der Waals surface area (Å²) in [6.07, 6.45) is 1.53. The fraction of sp³-hybridized carbons (Fsp3) is 0.727. The molecule has 15 heavy (non-hydrogen) atoms. The van der Waals surface area contributed by atoms with Crippen LogP contribution in [0.2, 0.25) is 0 Å². The summed E-state index contributed by atoms with van der Waals surface area (Å²) in [5, 5.41) is 7.60. The lowest BCUT2D eigenvalue weighted by molar-refractivity contribution is -0.146. The molecular weight excluding hydrogens is 194 g/mol. The first-order chi connectivity index (χ1) is 6.81. The average Bonchev–Trinajstić information content (AvgIpc) is 2.10. The summed E-state index contributed by atoms with van der Waals surface area (Å²) >= 11 is 0. The molecule has 0 aromatic carbocycles. The Morgan fingerprint density at radius 3 is 2.33 bits per heavy atom. The molecule has 0 aromatic heterocycles. The van der Waals surface area contributed by atoms with E-state index in [1.54, 1.807) is 20.8 Å². The second kappa shape index (κ2) is 5.63. The van der Waals surface area contributed by atoms with Gasteiger partial charge in [0.25, 0.3) is 0 Å². The zero-order chi connectivity index (χ0) is 12.1. The minimum absolute atomic E-state index is 0.112. The fourth-order valence-corrected chi connectivity index (χ4v) is 1.10. The Bertz CT molecular complexity index is 253. The van der Waals surface area contributed by atoms with Crippen molar-refractivity contribution in [1.82, 2.24) is 0 Å². The van der Waals surface area contributed by atoms with Crippen molar-refractivity contribution < 1.29 is 14.3 Å². The van der Waals surface area contributed by atoms with Crippen molar-refractivity contribution in [2.45, 2.75) is 46.1 Å². The summed E-state index contributed by atoms with van der Waals surface area (Å²) < 4.78 is 5.05.